The summed E-state index contributed by atoms with van der Waals surface area (Å²) in [6.45, 7) is 5.78. The van der Waals surface area contributed by atoms with Crippen LogP contribution in [-0.2, 0) is 11.3 Å². The highest BCUT2D eigenvalue weighted by molar-refractivity contribution is 5.94. The number of anilines is 1. The molecule has 0 spiro atoms. The van der Waals surface area contributed by atoms with Crippen molar-refractivity contribution in [2.75, 3.05) is 37.7 Å². The maximum atomic E-state index is 14.3. The predicted octanol–water partition coefficient (Wildman–Crippen LogP) is 1.99. The number of amides is 1. The first-order chi connectivity index (χ1) is 12.1. The number of rotatable bonds is 6. The molecule has 1 saturated heterocycles. The van der Waals surface area contributed by atoms with Gasteiger partial charge in [0.1, 0.15) is 11.6 Å². The van der Waals surface area contributed by atoms with Gasteiger partial charge in [-0.3, -0.25) is 4.79 Å². The van der Waals surface area contributed by atoms with E-state index in [1.54, 1.807) is 18.3 Å². The number of benzene rings is 1. The summed E-state index contributed by atoms with van der Waals surface area (Å²) in [5.74, 6) is 0.325. The largest absolute Gasteiger partial charge is 0.378 e. The molecule has 6 nitrogen and oxygen atoms in total. The predicted molar refractivity (Wildman–Crippen MR) is 93.3 cm³/mol. The van der Waals surface area contributed by atoms with Gasteiger partial charge in [0.15, 0.2) is 0 Å². The highest BCUT2D eigenvalue weighted by atomic mass is 19.1. The van der Waals surface area contributed by atoms with E-state index in [0.717, 1.165) is 18.8 Å². The second-order valence-corrected chi connectivity index (χ2v) is 6.04. The van der Waals surface area contributed by atoms with Gasteiger partial charge in [-0.25, -0.2) is 9.37 Å². The minimum Gasteiger partial charge on any atom is -0.378 e. The summed E-state index contributed by atoms with van der Waals surface area (Å²) in [6, 6.07) is 4.65. The van der Waals surface area contributed by atoms with Crippen molar-refractivity contribution in [3.8, 4) is 0 Å². The number of hydrogen-bond acceptors (Lipinski definition) is 4. The molecule has 0 unspecified atom stereocenters. The third-order valence-corrected chi connectivity index (χ3v) is 4.35. The lowest BCUT2D eigenvalue weighted by Crippen LogP contribution is -2.36. The van der Waals surface area contributed by atoms with Crippen LogP contribution in [0.15, 0.2) is 30.6 Å². The molecular formula is C18H23FN4O2. The molecule has 0 aliphatic carbocycles. The van der Waals surface area contributed by atoms with Gasteiger partial charge in [0, 0.05) is 44.1 Å². The highest BCUT2D eigenvalue weighted by Gasteiger charge is 2.16. The van der Waals surface area contributed by atoms with E-state index in [0.29, 0.717) is 44.1 Å². The lowest BCUT2D eigenvalue weighted by atomic mass is 10.1. The molecule has 1 aliphatic heterocycles. The number of nitrogens with one attached hydrogen (secondary N) is 1. The van der Waals surface area contributed by atoms with Gasteiger partial charge < -0.3 is 19.5 Å². The van der Waals surface area contributed by atoms with Crippen molar-refractivity contribution in [2.45, 2.75) is 19.9 Å². The highest BCUT2D eigenvalue weighted by Crippen LogP contribution is 2.21. The average molecular weight is 346 g/mol. The Kier molecular flexibility index (Phi) is 5.65. The van der Waals surface area contributed by atoms with E-state index in [-0.39, 0.29) is 11.7 Å². The Morgan fingerprint density at radius 2 is 2.16 bits per heavy atom. The molecule has 0 atom stereocenters. The Labute approximate surface area is 146 Å². The fourth-order valence-corrected chi connectivity index (χ4v) is 2.90. The number of aryl methyl sites for hydroxylation is 2. The second kappa shape index (κ2) is 8.11. The number of nitrogens with zero attached hydrogens (tertiary/aromatic N) is 3. The molecule has 1 aliphatic rings. The zero-order valence-electron chi connectivity index (χ0n) is 14.4. The van der Waals surface area contributed by atoms with Gasteiger partial charge in [0.05, 0.1) is 18.9 Å². The molecule has 2 aromatic rings. The molecular weight excluding hydrogens is 323 g/mol. The van der Waals surface area contributed by atoms with Crippen LogP contribution in [0.4, 0.5) is 10.1 Å². The molecule has 7 heteroatoms. The van der Waals surface area contributed by atoms with E-state index in [1.165, 1.54) is 6.07 Å². The molecule has 0 bridgehead atoms. The van der Waals surface area contributed by atoms with Gasteiger partial charge in [-0.2, -0.15) is 0 Å². The van der Waals surface area contributed by atoms with Crippen LogP contribution in [0.25, 0.3) is 0 Å². The third kappa shape index (κ3) is 4.36. The molecule has 1 aromatic heterocycles. The normalized spacial score (nSPS) is 14.6. The monoisotopic (exact) mass is 346 g/mol. The zero-order chi connectivity index (χ0) is 17.6. The lowest BCUT2D eigenvalue weighted by Gasteiger charge is -2.29. The summed E-state index contributed by atoms with van der Waals surface area (Å²) in [6.07, 6.45) is 4.46. The van der Waals surface area contributed by atoms with Crippen LogP contribution in [-0.4, -0.2) is 48.3 Å². The van der Waals surface area contributed by atoms with Crippen LogP contribution in [0.1, 0.15) is 22.6 Å². The first-order valence-electron chi connectivity index (χ1n) is 8.53. The van der Waals surface area contributed by atoms with Gasteiger partial charge in [0.2, 0.25) is 0 Å². The van der Waals surface area contributed by atoms with Gasteiger partial charge in [-0.05, 0) is 31.5 Å². The number of hydrogen-bond donors (Lipinski definition) is 1. The Morgan fingerprint density at radius 1 is 1.36 bits per heavy atom. The zero-order valence-corrected chi connectivity index (χ0v) is 14.4. The first-order valence-corrected chi connectivity index (χ1v) is 8.53. The summed E-state index contributed by atoms with van der Waals surface area (Å²) < 4.78 is 21.6. The Bertz CT molecular complexity index is 726. The standard InChI is InChI=1S/C18H23FN4O2/c1-14-20-6-8-22(14)7-2-5-21-18(24)15-3-4-17(16(19)13-15)23-9-11-25-12-10-23/h3-4,6,8,13H,2,5,7,9-12H2,1H3,(H,21,24). The average Bonchev–Trinajstić information content (AvgIpc) is 3.04. The number of morpholine rings is 1. The molecule has 25 heavy (non-hydrogen) atoms. The van der Waals surface area contributed by atoms with E-state index in [9.17, 15) is 9.18 Å². The molecule has 134 valence electrons. The summed E-state index contributed by atoms with van der Waals surface area (Å²) in [4.78, 5) is 18.3. The van der Waals surface area contributed by atoms with E-state index < -0.39 is 0 Å². The third-order valence-electron chi connectivity index (χ3n) is 4.35. The van der Waals surface area contributed by atoms with Crippen molar-refractivity contribution in [3.63, 3.8) is 0 Å². The van der Waals surface area contributed by atoms with E-state index in [4.69, 9.17) is 4.74 Å². The quantitative estimate of drug-likeness (QED) is 0.813. The van der Waals surface area contributed by atoms with Crippen LogP contribution in [0, 0.1) is 12.7 Å². The molecule has 0 saturated carbocycles. The smallest absolute Gasteiger partial charge is 0.251 e. The van der Waals surface area contributed by atoms with Gasteiger partial charge in [-0.15, -0.1) is 0 Å². The first kappa shape index (κ1) is 17.4. The van der Waals surface area contributed by atoms with Crippen LogP contribution in [0.2, 0.25) is 0 Å². The van der Waals surface area contributed by atoms with Crippen molar-refractivity contribution in [1.82, 2.24) is 14.9 Å². The lowest BCUT2D eigenvalue weighted by molar-refractivity contribution is 0.0952. The van der Waals surface area contributed by atoms with Crippen LogP contribution >= 0.6 is 0 Å². The summed E-state index contributed by atoms with van der Waals surface area (Å²) in [7, 11) is 0. The molecule has 1 fully saturated rings. The summed E-state index contributed by atoms with van der Waals surface area (Å²) in [5.41, 5.74) is 0.865. The number of imidazole rings is 1. The van der Waals surface area contributed by atoms with Crippen molar-refractivity contribution in [1.29, 1.82) is 0 Å². The number of halogens is 1. The number of aromatic nitrogens is 2. The van der Waals surface area contributed by atoms with Gasteiger partial charge in [0.25, 0.3) is 5.91 Å². The maximum absolute atomic E-state index is 14.3. The second-order valence-electron chi connectivity index (χ2n) is 6.04. The number of ether oxygens (including phenoxy) is 1. The molecule has 1 N–H and O–H groups in total. The maximum Gasteiger partial charge on any atom is 0.251 e. The summed E-state index contributed by atoms with van der Waals surface area (Å²) in [5, 5.41) is 2.83. The van der Waals surface area contributed by atoms with Crippen LogP contribution in [0.3, 0.4) is 0 Å². The molecule has 3 rings (SSSR count). The van der Waals surface area contributed by atoms with Gasteiger partial charge >= 0.3 is 0 Å². The number of carbonyl (C=O) groups excluding carboxylic acids is 1. The fraction of sp³-hybridized carbons (Fsp3) is 0.444. The summed E-state index contributed by atoms with van der Waals surface area (Å²) >= 11 is 0. The van der Waals surface area contributed by atoms with E-state index in [1.807, 2.05) is 22.6 Å². The van der Waals surface area contributed by atoms with Crippen LogP contribution < -0.4 is 10.2 Å². The van der Waals surface area contributed by atoms with Gasteiger partial charge in [-0.1, -0.05) is 0 Å². The van der Waals surface area contributed by atoms with E-state index >= 15 is 0 Å². The molecule has 1 amide bonds. The van der Waals surface area contributed by atoms with Crippen molar-refractivity contribution < 1.29 is 13.9 Å². The fourth-order valence-electron chi connectivity index (χ4n) is 2.90. The minimum absolute atomic E-state index is 0.255. The number of carbonyl (C=O) groups is 1. The molecule has 2 heterocycles. The van der Waals surface area contributed by atoms with Crippen molar-refractivity contribution >= 4 is 11.6 Å². The molecule has 1 aromatic carbocycles. The Morgan fingerprint density at radius 3 is 2.84 bits per heavy atom. The van der Waals surface area contributed by atoms with Crippen molar-refractivity contribution in [2.24, 2.45) is 0 Å². The van der Waals surface area contributed by atoms with E-state index in [2.05, 4.69) is 10.3 Å². The Hall–Kier alpha value is -2.41. The minimum atomic E-state index is -0.372. The topological polar surface area (TPSA) is 59.4 Å². The van der Waals surface area contributed by atoms with Crippen LogP contribution in [0.5, 0.6) is 0 Å². The SMILES string of the molecule is Cc1nccn1CCCNC(=O)c1ccc(N2CCOCC2)c(F)c1. The van der Waals surface area contributed by atoms with Crippen molar-refractivity contribution in [3.05, 3.63) is 47.8 Å². The molecule has 0 radical (unpaired) electrons. The Balaban J connectivity index is 1.51.